The Morgan fingerprint density at radius 3 is 2.48 bits per heavy atom. The average Bonchev–Trinajstić information content (AvgIpc) is 2.54. The first-order valence-corrected chi connectivity index (χ1v) is 7.40. The molecule has 0 bridgehead atoms. The monoisotopic (exact) mass is 312 g/mol. The standard InChI is InChI=1S/C18H20N2O3/c1-4-13-7-5-6-8-16(13)20-18(22)15-11-14(19-12(2)21)9-10-17(15)23-3/h5-11H,4H2,1-3H3,(H,19,21)(H,20,22). The van der Waals surface area contributed by atoms with Crippen molar-refractivity contribution in [1.29, 1.82) is 0 Å². The van der Waals surface area contributed by atoms with Crippen LogP contribution in [0.3, 0.4) is 0 Å². The van der Waals surface area contributed by atoms with Crippen molar-refractivity contribution in [2.45, 2.75) is 20.3 Å². The first-order valence-electron chi connectivity index (χ1n) is 7.40. The molecule has 0 aliphatic heterocycles. The maximum Gasteiger partial charge on any atom is 0.259 e. The van der Waals surface area contributed by atoms with E-state index in [2.05, 4.69) is 10.6 Å². The Morgan fingerprint density at radius 2 is 1.83 bits per heavy atom. The minimum atomic E-state index is -0.282. The lowest BCUT2D eigenvalue weighted by Gasteiger charge is -2.13. The van der Waals surface area contributed by atoms with Gasteiger partial charge in [-0.1, -0.05) is 25.1 Å². The van der Waals surface area contributed by atoms with Gasteiger partial charge in [-0.15, -0.1) is 0 Å². The van der Waals surface area contributed by atoms with E-state index < -0.39 is 0 Å². The first-order chi connectivity index (χ1) is 11.0. The molecule has 0 aliphatic carbocycles. The number of hydrogen-bond acceptors (Lipinski definition) is 3. The Morgan fingerprint density at radius 1 is 1.09 bits per heavy atom. The van der Waals surface area contributed by atoms with Gasteiger partial charge in [0.25, 0.3) is 5.91 Å². The number of benzene rings is 2. The number of ether oxygens (including phenoxy) is 1. The van der Waals surface area contributed by atoms with Crippen molar-refractivity contribution in [3.8, 4) is 5.75 Å². The van der Waals surface area contributed by atoms with Gasteiger partial charge in [0.1, 0.15) is 5.75 Å². The van der Waals surface area contributed by atoms with E-state index >= 15 is 0 Å². The predicted molar refractivity (Wildman–Crippen MR) is 91.1 cm³/mol. The molecule has 5 nitrogen and oxygen atoms in total. The molecular weight excluding hydrogens is 292 g/mol. The Labute approximate surface area is 135 Å². The minimum Gasteiger partial charge on any atom is -0.496 e. The van der Waals surface area contributed by atoms with Crippen molar-refractivity contribution in [3.63, 3.8) is 0 Å². The van der Waals surface area contributed by atoms with Crippen LogP contribution in [0.5, 0.6) is 5.75 Å². The summed E-state index contributed by atoms with van der Waals surface area (Å²) in [6.45, 7) is 3.45. The molecular formula is C18H20N2O3. The Hall–Kier alpha value is -2.82. The summed E-state index contributed by atoms with van der Waals surface area (Å²) < 4.78 is 5.25. The van der Waals surface area contributed by atoms with E-state index in [-0.39, 0.29) is 11.8 Å². The number of carbonyl (C=O) groups excluding carboxylic acids is 2. The maximum atomic E-state index is 12.6. The zero-order chi connectivity index (χ0) is 16.8. The summed E-state index contributed by atoms with van der Waals surface area (Å²) in [5.74, 6) is -0.0293. The van der Waals surface area contributed by atoms with Crippen LogP contribution in [0, 0.1) is 0 Å². The van der Waals surface area contributed by atoms with Gasteiger partial charge < -0.3 is 15.4 Å². The summed E-state index contributed by atoms with van der Waals surface area (Å²) in [6, 6.07) is 12.6. The van der Waals surface area contributed by atoms with Gasteiger partial charge in [-0.3, -0.25) is 9.59 Å². The molecule has 120 valence electrons. The Bertz CT molecular complexity index is 726. The van der Waals surface area contributed by atoms with E-state index in [0.717, 1.165) is 17.7 Å². The summed E-state index contributed by atoms with van der Waals surface area (Å²) >= 11 is 0. The van der Waals surface area contributed by atoms with Gasteiger partial charge >= 0.3 is 0 Å². The van der Waals surface area contributed by atoms with Crippen molar-refractivity contribution < 1.29 is 14.3 Å². The zero-order valence-electron chi connectivity index (χ0n) is 13.5. The normalized spacial score (nSPS) is 10.0. The van der Waals surface area contributed by atoms with Crippen molar-refractivity contribution >= 4 is 23.2 Å². The van der Waals surface area contributed by atoms with Crippen LogP contribution in [0.4, 0.5) is 11.4 Å². The van der Waals surface area contributed by atoms with Crippen LogP contribution in [0.15, 0.2) is 42.5 Å². The Kier molecular flexibility index (Phi) is 5.36. The minimum absolute atomic E-state index is 0.196. The van der Waals surface area contributed by atoms with Crippen LogP contribution in [0.25, 0.3) is 0 Å². The summed E-state index contributed by atoms with van der Waals surface area (Å²) in [4.78, 5) is 23.8. The first kappa shape index (κ1) is 16.5. The van der Waals surface area contributed by atoms with Gasteiger partial charge in [0.15, 0.2) is 0 Å². The molecule has 23 heavy (non-hydrogen) atoms. The van der Waals surface area contributed by atoms with E-state index in [1.807, 2.05) is 31.2 Å². The third-order valence-corrected chi connectivity index (χ3v) is 3.41. The summed E-state index contributed by atoms with van der Waals surface area (Å²) in [7, 11) is 1.50. The van der Waals surface area contributed by atoms with E-state index in [9.17, 15) is 9.59 Å². The quantitative estimate of drug-likeness (QED) is 0.888. The number of methoxy groups -OCH3 is 1. The molecule has 2 amide bonds. The fourth-order valence-corrected chi connectivity index (χ4v) is 2.31. The third-order valence-electron chi connectivity index (χ3n) is 3.41. The molecule has 2 aromatic rings. The van der Waals surface area contributed by atoms with Crippen LogP contribution in [-0.4, -0.2) is 18.9 Å². The molecule has 2 N–H and O–H groups in total. The lowest BCUT2D eigenvalue weighted by molar-refractivity contribution is -0.114. The molecule has 0 aliphatic rings. The van der Waals surface area contributed by atoms with Gasteiger partial charge in [0, 0.05) is 18.3 Å². The predicted octanol–water partition coefficient (Wildman–Crippen LogP) is 3.47. The second kappa shape index (κ2) is 7.45. The smallest absolute Gasteiger partial charge is 0.259 e. The molecule has 2 rings (SSSR count). The molecule has 0 atom stereocenters. The number of hydrogen-bond donors (Lipinski definition) is 2. The number of nitrogens with one attached hydrogen (secondary N) is 2. The van der Waals surface area contributed by atoms with Crippen molar-refractivity contribution in [2.75, 3.05) is 17.7 Å². The fraction of sp³-hybridized carbons (Fsp3) is 0.222. The number of rotatable bonds is 5. The SMILES string of the molecule is CCc1ccccc1NC(=O)c1cc(NC(C)=O)ccc1OC. The van der Waals surface area contributed by atoms with E-state index in [1.165, 1.54) is 14.0 Å². The highest BCUT2D eigenvalue weighted by molar-refractivity contribution is 6.07. The van der Waals surface area contributed by atoms with Crippen molar-refractivity contribution in [2.24, 2.45) is 0 Å². The second-order valence-electron chi connectivity index (χ2n) is 5.06. The number of para-hydroxylation sites is 1. The summed E-state index contributed by atoms with van der Waals surface area (Å²) in [5, 5.41) is 5.56. The molecule has 0 heterocycles. The van der Waals surface area contributed by atoms with E-state index in [4.69, 9.17) is 4.74 Å². The number of anilines is 2. The van der Waals surface area contributed by atoms with Crippen molar-refractivity contribution in [3.05, 3.63) is 53.6 Å². The molecule has 5 heteroatoms. The molecule has 0 unspecified atom stereocenters. The van der Waals surface area contributed by atoms with Gasteiger partial charge in [0.2, 0.25) is 5.91 Å². The second-order valence-corrected chi connectivity index (χ2v) is 5.06. The van der Waals surface area contributed by atoms with Gasteiger partial charge in [-0.2, -0.15) is 0 Å². The molecule has 0 saturated carbocycles. The largest absolute Gasteiger partial charge is 0.496 e. The van der Waals surface area contributed by atoms with Crippen LogP contribution in [-0.2, 0) is 11.2 Å². The molecule has 0 spiro atoms. The highest BCUT2D eigenvalue weighted by Gasteiger charge is 2.15. The lowest BCUT2D eigenvalue weighted by atomic mass is 10.1. The molecule has 0 saturated heterocycles. The number of amides is 2. The molecule has 0 aromatic heterocycles. The van der Waals surface area contributed by atoms with Gasteiger partial charge in [-0.25, -0.2) is 0 Å². The molecule has 2 aromatic carbocycles. The average molecular weight is 312 g/mol. The van der Waals surface area contributed by atoms with Crippen LogP contribution in [0.2, 0.25) is 0 Å². The highest BCUT2D eigenvalue weighted by Crippen LogP contribution is 2.25. The fourth-order valence-electron chi connectivity index (χ4n) is 2.31. The maximum absolute atomic E-state index is 12.6. The topological polar surface area (TPSA) is 67.4 Å². The molecule has 0 radical (unpaired) electrons. The summed E-state index contributed by atoms with van der Waals surface area (Å²) in [5.41, 5.74) is 2.74. The highest BCUT2D eigenvalue weighted by atomic mass is 16.5. The number of aryl methyl sites for hydroxylation is 1. The van der Waals surface area contributed by atoms with Gasteiger partial charge in [-0.05, 0) is 36.2 Å². The van der Waals surface area contributed by atoms with Crippen molar-refractivity contribution in [1.82, 2.24) is 0 Å². The van der Waals surface area contributed by atoms with E-state index in [0.29, 0.717) is 17.0 Å². The Balaban J connectivity index is 2.31. The van der Waals surface area contributed by atoms with Crippen LogP contribution >= 0.6 is 0 Å². The van der Waals surface area contributed by atoms with Crippen LogP contribution < -0.4 is 15.4 Å². The van der Waals surface area contributed by atoms with Crippen LogP contribution in [0.1, 0.15) is 29.8 Å². The molecule has 0 fully saturated rings. The summed E-state index contributed by atoms with van der Waals surface area (Å²) in [6.07, 6.45) is 0.819. The third kappa shape index (κ3) is 4.10. The zero-order valence-corrected chi connectivity index (χ0v) is 13.5. The van der Waals surface area contributed by atoms with E-state index in [1.54, 1.807) is 18.2 Å². The number of carbonyl (C=O) groups is 2. The lowest BCUT2D eigenvalue weighted by Crippen LogP contribution is -2.15. The van der Waals surface area contributed by atoms with Gasteiger partial charge in [0.05, 0.1) is 12.7 Å².